The lowest BCUT2D eigenvalue weighted by molar-refractivity contribution is -0.141. The molecule has 0 bridgehead atoms. The molecule has 8 nitrogen and oxygen atoms in total. The Bertz CT molecular complexity index is 961. The fourth-order valence-corrected chi connectivity index (χ4v) is 4.22. The molecule has 2 heterocycles. The van der Waals surface area contributed by atoms with Gasteiger partial charge >= 0.3 is 6.03 Å². The van der Waals surface area contributed by atoms with Gasteiger partial charge in [-0.25, -0.2) is 4.79 Å². The molecule has 8 heteroatoms. The number of hydrazine groups is 1. The monoisotopic (exact) mass is 420 g/mol. The summed E-state index contributed by atoms with van der Waals surface area (Å²) >= 11 is 0. The molecule has 31 heavy (non-hydrogen) atoms. The highest BCUT2D eigenvalue weighted by atomic mass is 16.2. The number of likely N-dealkylation sites (tertiary alicyclic amines) is 1. The Labute approximate surface area is 180 Å². The van der Waals surface area contributed by atoms with Crippen molar-refractivity contribution in [2.45, 2.75) is 25.3 Å². The molecule has 2 aliphatic rings. The molecule has 2 fully saturated rings. The van der Waals surface area contributed by atoms with Gasteiger partial charge in [0.15, 0.2) is 5.54 Å². The van der Waals surface area contributed by atoms with E-state index in [9.17, 15) is 19.2 Å². The summed E-state index contributed by atoms with van der Waals surface area (Å²) in [4.78, 5) is 52.4. The third kappa shape index (κ3) is 3.65. The second kappa shape index (κ2) is 8.22. The molecular formula is C23H24N4O4. The number of hydrogen-bond donors (Lipinski definition) is 2. The molecule has 4 rings (SSSR count). The molecule has 0 unspecified atom stereocenters. The molecule has 2 aliphatic heterocycles. The third-order valence-corrected chi connectivity index (χ3v) is 5.97. The first-order valence-electron chi connectivity index (χ1n) is 10.3. The van der Waals surface area contributed by atoms with E-state index in [1.165, 1.54) is 6.92 Å². The molecular weight excluding hydrogens is 396 g/mol. The van der Waals surface area contributed by atoms with Gasteiger partial charge in [0.25, 0.3) is 5.91 Å². The van der Waals surface area contributed by atoms with E-state index < -0.39 is 23.4 Å². The minimum atomic E-state index is -1.43. The summed E-state index contributed by atoms with van der Waals surface area (Å²) in [5, 5.41) is 3.58. The Hall–Kier alpha value is -3.68. The number of carbonyl (C=O) groups is 4. The minimum absolute atomic E-state index is 0.0246. The second-order valence-electron chi connectivity index (χ2n) is 7.81. The predicted octanol–water partition coefficient (Wildman–Crippen LogP) is 1.77. The zero-order valence-corrected chi connectivity index (χ0v) is 17.2. The molecule has 5 amide bonds. The van der Waals surface area contributed by atoms with Crippen LogP contribution in [-0.2, 0) is 19.9 Å². The van der Waals surface area contributed by atoms with Crippen LogP contribution in [0.15, 0.2) is 60.7 Å². The van der Waals surface area contributed by atoms with E-state index in [0.717, 1.165) is 5.01 Å². The van der Waals surface area contributed by atoms with E-state index in [0.29, 0.717) is 37.1 Å². The third-order valence-electron chi connectivity index (χ3n) is 5.97. The van der Waals surface area contributed by atoms with Gasteiger partial charge in [-0.15, -0.1) is 0 Å². The lowest BCUT2D eigenvalue weighted by Gasteiger charge is -2.31. The van der Waals surface area contributed by atoms with Crippen molar-refractivity contribution in [3.05, 3.63) is 71.8 Å². The van der Waals surface area contributed by atoms with Crippen LogP contribution >= 0.6 is 0 Å². The number of amides is 5. The maximum Gasteiger partial charge on any atom is 0.344 e. The minimum Gasteiger partial charge on any atom is -0.343 e. The van der Waals surface area contributed by atoms with Crippen LogP contribution < -0.4 is 10.7 Å². The number of hydrogen-bond acceptors (Lipinski definition) is 4. The molecule has 2 aromatic carbocycles. The Morgan fingerprint density at radius 1 is 0.935 bits per heavy atom. The molecule has 2 aromatic rings. The SMILES string of the molecule is CC(=O)N1CCC(C(=O)NN2C(=O)NC(c3ccccc3)(c3ccccc3)C2=O)CC1. The second-order valence-corrected chi connectivity index (χ2v) is 7.81. The predicted molar refractivity (Wildman–Crippen MR) is 112 cm³/mol. The molecule has 0 radical (unpaired) electrons. The van der Waals surface area contributed by atoms with Crippen molar-refractivity contribution >= 4 is 23.8 Å². The van der Waals surface area contributed by atoms with E-state index >= 15 is 0 Å². The van der Waals surface area contributed by atoms with Crippen LogP contribution in [0.25, 0.3) is 0 Å². The van der Waals surface area contributed by atoms with Gasteiger partial charge in [-0.1, -0.05) is 60.7 Å². The summed E-state index contributed by atoms with van der Waals surface area (Å²) in [5.74, 6) is -1.36. The van der Waals surface area contributed by atoms with Crippen LogP contribution in [0.1, 0.15) is 30.9 Å². The van der Waals surface area contributed by atoms with Crippen LogP contribution in [0, 0.1) is 5.92 Å². The van der Waals surface area contributed by atoms with Gasteiger partial charge in [-0.05, 0) is 24.0 Å². The molecule has 160 valence electrons. The first-order chi connectivity index (χ1) is 14.9. The van der Waals surface area contributed by atoms with Crippen molar-refractivity contribution < 1.29 is 19.2 Å². The maximum absolute atomic E-state index is 13.6. The summed E-state index contributed by atoms with van der Waals surface area (Å²) in [5.41, 5.74) is 2.30. The van der Waals surface area contributed by atoms with Gasteiger partial charge in [0.2, 0.25) is 11.8 Å². The lowest BCUT2D eigenvalue weighted by atomic mass is 9.83. The van der Waals surface area contributed by atoms with Crippen molar-refractivity contribution in [1.29, 1.82) is 0 Å². The standard InChI is InChI=1S/C23H24N4O4/c1-16(28)26-14-12-17(13-15-26)20(29)25-27-21(30)23(24-22(27)31,18-8-4-2-5-9-18)19-10-6-3-7-11-19/h2-11,17H,12-15H2,1H3,(H,24,31)(H,25,29). The molecule has 0 saturated carbocycles. The smallest absolute Gasteiger partial charge is 0.343 e. The summed E-state index contributed by atoms with van der Waals surface area (Å²) in [6.07, 6.45) is 0.967. The molecule has 0 aromatic heterocycles. The maximum atomic E-state index is 13.6. The number of piperidine rings is 1. The Balaban J connectivity index is 1.58. The summed E-state index contributed by atoms with van der Waals surface area (Å²) in [7, 11) is 0. The van der Waals surface area contributed by atoms with E-state index in [2.05, 4.69) is 10.7 Å². The highest BCUT2D eigenvalue weighted by Gasteiger charge is 2.54. The highest BCUT2D eigenvalue weighted by Crippen LogP contribution is 2.35. The Kier molecular flexibility index (Phi) is 5.46. The van der Waals surface area contributed by atoms with Gasteiger partial charge in [-0.2, -0.15) is 5.01 Å². The van der Waals surface area contributed by atoms with Crippen LogP contribution in [-0.4, -0.2) is 46.8 Å². The number of benzene rings is 2. The lowest BCUT2D eigenvalue weighted by Crippen LogP contribution is -2.52. The van der Waals surface area contributed by atoms with Crippen molar-refractivity contribution in [1.82, 2.24) is 20.7 Å². The van der Waals surface area contributed by atoms with Crippen molar-refractivity contribution in [2.24, 2.45) is 5.92 Å². The molecule has 0 spiro atoms. The quantitative estimate of drug-likeness (QED) is 0.737. The number of imide groups is 1. The van der Waals surface area contributed by atoms with Crippen LogP contribution in [0.5, 0.6) is 0 Å². The first kappa shape index (κ1) is 20.6. The largest absolute Gasteiger partial charge is 0.344 e. The fourth-order valence-electron chi connectivity index (χ4n) is 4.22. The van der Waals surface area contributed by atoms with E-state index in [1.807, 2.05) is 12.1 Å². The molecule has 2 N–H and O–H groups in total. The van der Waals surface area contributed by atoms with Crippen molar-refractivity contribution in [3.63, 3.8) is 0 Å². The zero-order chi connectivity index (χ0) is 22.0. The van der Waals surface area contributed by atoms with Gasteiger partial charge in [0.05, 0.1) is 0 Å². The molecule has 0 aliphatic carbocycles. The van der Waals surface area contributed by atoms with Crippen molar-refractivity contribution in [3.8, 4) is 0 Å². The Morgan fingerprint density at radius 3 is 1.94 bits per heavy atom. The van der Waals surface area contributed by atoms with Crippen molar-refractivity contribution in [2.75, 3.05) is 13.1 Å². The first-order valence-corrected chi connectivity index (χ1v) is 10.3. The van der Waals surface area contributed by atoms with Gasteiger partial charge in [-0.3, -0.25) is 19.8 Å². The van der Waals surface area contributed by atoms with Crippen LogP contribution in [0.3, 0.4) is 0 Å². The van der Waals surface area contributed by atoms with Crippen LogP contribution in [0.2, 0.25) is 0 Å². The normalized spacial score (nSPS) is 18.6. The van der Waals surface area contributed by atoms with E-state index in [4.69, 9.17) is 0 Å². The molecule has 2 saturated heterocycles. The number of nitrogens with zero attached hydrogens (tertiary/aromatic N) is 2. The number of nitrogens with one attached hydrogen (secondary N) is 2. The molecule has 0 atom stereocenters. The van der Waals surface area contributed by atoms with Gasteiger partial charge < -0.3 is 10.2 Å². The van der Waals surface area contributed by atoms with E-state index in [1.54, 1.807) is 53.4 Å². The summed E-state index contributed by atoms with van der Waals surface area (Å²) in [6.45, 7) is 2.46. The van der Waals surface area contributed by atoms with Crippen LogP contribution in [0.4, 0.5) is 4.79 Å². The number of rotatable bonds is 4. The number of carbonyl (C=O) groups excluding carboxylic acids is 4. The van der Waals surface area contributed by atoms with Gasteiger partial charge in [0, 0.05) is 25.9 Å². The highest BCUT2D eigenvalue weighted by molar-refractivity contribution is 6.10. The number of urea groups is 1. The zero-order valence-electron chi connectivity index (χ0n) is 17.2. The average Bonchev–Trinajstić information content (AvgIpc) is 3.06. The Morgan fingerprint density at radius 2 is 1.45 bits per heavy atom. The average molecular weight is 420 g/mol. The van der Waals surface area contributed by atoms with E-state index in [-0.39, 0.29) is 11.8 Å². The topological polar surface area (TPSA) is 98.8 Å². The summed E-state index contributed by atoms with van der Waals surface area (Å²) < 4.78 is 0. The summed E-state index contributed by atoms with van der Waals surface area (Å²) in [6, 6.07) is 17.2. The van der Waals surface area contributed by atoms with Gasteiger partial charge in [0.1, 0.15) is 0 Å². The fraction of sp³-hybridized carbons (Fsp3) is 0.304.